The van der Waals surface area contributed by atoms with Crippen LogP contribution in [0.3, 0.4) is 0 Å². The van der Waals surface area contributed by atoms with Gasteiger partial charge in [-0.1, -0.05) is 44.2 Å². The minimum absolute atomic E-state index is 0.0930. The first-order valence-electron chi connectivity index (χ1n) is 12.7. The van der Waals surface area contributed by atoms with Gasteiger partial charge < -0.3 is 5.11 Å². The van der Waals surface area contributed by atoms with Crippen molar-refractivity contribution in [3.05, 3.63) is 72.3 Å². The molecule has 1 aliphatic heterocycles. The zero-order valence-electron chi connectivity index (χ0n) is 21.6. The van der Waals surface area contributed by atoms with Gasteiger partial charge in [0, 0.05) is 44.8 Å². The van der Waals surface area contributed by atoms with Crippen LogP contribution in [0.2, 0.25) is 0 Å². The summed E-state index contributed by atoms with van der Waals surface area (Å²) in [5.41, 5.74) is 2.01. The second kappa shape index (κ2) is 12.2. The van der Waals surface area contributed by atoms with Gasteiger partial charge in [-0.05, 0) is 62.1 Å². The van der Waals surface area contributed by atoms with E-state index in [4.69, 9.17) is 0 Å². The summed E-state index contributed by atoms with van der Waals surface area (Å²) in [7, 11) is -3.53. The van der Waals surface area contributed by atoms with Gasteiger partial charge in [-0.3, -0.25) is 9.80 Å². The predicted octanol–water partition coefficient (Wildman–Crippen LogP) is 4.87. The van der Waals surface area contributed by atoms with Gasteiger partial charge in [-0.2, -0.15) is 4.31 Å². The van der Waals surface area contributed by atoms with Crippen molar-refractivity contribution in [3.8, 4) is 5.75 Å². The van der Waals surface area contributed by atoms with Crippen LogP contribution in [-0.2, 0) is 10.0 Å². The molecule has 3 atom stereocenters. The van der Waals surface area contributed by atoms with Crippen molar-refractivity contribution >= 4 is 10.0 Å². The Morgan fingerprint density at radius 1 is 1.03 bits per heavy atom. The molecule has 2 aromatic rings. The number of hydrogen-bond acceptors (Lipinski definition) is 5. The van der Waals surface area contributed by atoms with E-state index < -0.39 is 10.0 Å². The first-order chi connectivity index (χ1) is 16.7. The highest BCUT2D eigenvalue weighted by molar-refractivity contribution is 7.89. The van der Waals surface area contributed by atoms with Crippen molar-refractivity contribution in [2.24, 2.45) is 0 Å². The number of sulfonamides is 1. The molecule has 192 valence electrons. The van der Waals surface area contributed by atoms with Crippen molar-refractivity contribution in [1.82, 2.24) is 14.1 Å². The summed E-state index contributed by atoms with van der Waals surface area (Å²) in [6, 6.07) is 15.3. The highest BCUT2D eigenvalue weighted by Gasteiger charge is 2.34. The lowest BCUT2D eigenvalue weighted by atomic mass is 9.93. The van der Waals surface area contributed by atoms with E-state index in [9.17, 15) is 13.5 Å². The molecule has 1 N–H and O–H groups in total. The summed E-state index contributed by atoms with van der Waals surface area (Å²) in [6.07, 6.45) is 3.51. The van der Waals surface area contributed by atoms with E-state index >= 15 is 0 Å². The van der Waals surface area contributed by atoms with Gasteiger partial charge in [-0.25, -0.2) is 8.42 Å². The Morgan fingerprint density at radius 2 is 1.69 bits per heavy atom. The quantitative estimate of drug-likeness (QED) is 0.447. The molecule has 1 aliphatic rings. The fraction of sp³-hybridized carbons (Fsp3) is 0.500. The lowest BCUT2D eigenvalue weighted by Crippen LogP contribution is -2.57. The number of phenolic OH excluding ortho intramolecular Hbond substituents is 1. The Balaban J connectivity index is 1.98. The SMILES string of the molecule is C=CCN1CC(C)N(C(c2ccc(S(=O)(=O)N(CCC)CCC)cc2)c2cccc(O)c2)CC1C. The van der Waals surface area contributed by atoms with E-state index in [-0.39, 0.29) is 17.8 Å². The van der Waals surface area contributed by atoms with Crippen LogP contribution in [0.15, 0.2) is 66.1 Å². The molecule has 35 heavy (non-hydrogen) atoms. The van der Waals surface area contributed by atoms with Gasteiger partial charge in [0.1, 0.15) is 5.75 Å². The van der Waals surface area contributed by atoms with Crippen LogP contribution in [0.25, 0.3) is 0 Å². The molecule has 2 aromatic carbocycles. The Bertz CT molecular complexity index is 1070. The molecule has 6 nitrogen and oxygen atoms in total. The molecule has 3 rings (SSSR count). The van der Waals surface area contributed by atoms with Crippen LogP contribution in [0.5, 0.6) is 5.75 Å². The zero-order valence-corrected chi connectivity index (χ0v) is 22.4. The molecule has 7 heteroatoms. The van der Waals surface area contributed by atoms with Crippen LogP contribution in [0.4, 0.5) is 0 Å². The fourth-order valence-electron chi connectivity index (χ4n) is 5.10. The third-order valence-electron chi connectivity index (χ3n) is 6.82. The minimum Gasteiger partial charge on any atom is -0.508 e. The number of benzene rings is 2. The van der Waals surface area contributed by atoms with Crippen molar-refractivity contribution in [3.63, 3.8) is 0 Å². The molecule has 1 fully saturated rings. The summed E-state index contributed by atoms with van der Waals surface area (Å²) < 4.78 is 28.1. The van der Waals surface area contributed by atoms with Crippen LogP contribution in [0, 0.1) is 0 Å². The lowest BCUT2D eigenvalue weighted by molar-refractivity contribution is 0.0306. The standard InChI is InChI=1S/C28H41N3O3S/c1-6-16-29-20-23(5)31(21-22(29)4)28(25-10-9-11-26(32)19-25)24-12-14-27(15-13-24)35(33,34)30(17-7-2)18-8-3/h6,9-15,19,22-23,28,32H,1,7-8,16-18,20-21H2,2-5H3. The first-order valence-corrected chi connectivity index (χ1v) is 14.2. The highest BCUT2D eigenvalue weighted by atomic mass is 32.2. The second-order valence-electron chi connectivity index (χ2n) is 9.61. The summed E-state index contributed by atoms with van der Waals surface area (Å²) >= 11 is 0. The topological polar surface area (TPSA) is 64.1 Å². The van der Waals surface area contributed by atoms with Crippen molar-refractivity contribution < 1.29 is 13.5 Å². The molecule has 0 amide bonds. The molecule has 3 unspecified atom stereocenters. The highest BCUT2D eigenvalue weighted by Crippen LogP contribution is 2.35. The zero-order chi connectivity index (χ0) is 25.6. The number of phenols is 1. The molecule has 1 saturated heterocycles. The van der Waals surface area contributed by atoms with Crippen molar-refractivity contribution in [2.45, 2.75) is 63.6 Å². The summed E-state index contributed by atoms with van der Waals surface area (Å²) in [5, 5.41) is 10.2. The molecule has 1 heterocycles. The van der Waals surface area contributed by atoms with Crippen molar-refractivity contribution in [1.29, 1.82) is 0 Å². The third-order valence-corrected chi connectivity index (χ3v) is 8.74. The van der Waals surface area contributed by atoms with E-state index in [1.165, 1.54) is 0 Å². The van der Waals surface area contributed by atoms with Gasteiger partial charge in [0.05, 0.1) is 10.9 Å². The average Bonchev–Trinajstić information content (AvgIpc) is 2.82. The average molecular weight is 500 g/mol. The monoisotopic (exact) mass is 499 g/mol. The number of rotatable bonds is 11. The maximum Gasteiger partial charge on any atom is 0.243 e. The molecule has 0 radical (unpaired) electrons. The van der Waals surface area contributed by atoms with Crippen LogP contribution >= 0.6 is 0 Å². The normalized spacial score (nSPS) is 20.7. The third kappa shape index (κ3) is 6.33. The van der Waals surface area contributed by atoms with Crippen LogP contribution in [0.1, 0.15) is 57.7 Å². The first kappa shape index (κ1) is 27.4. The Morgan fingerprint density at radius 3 is 2.26 bits per heavy atom. The Kier molecular flexibility index (Phi) is 9.53. The molecule has 0 saturated carbocycles. The molecule has 0 bridgehead atoms. The minimum atomic E-state index is -3.53. The number of nitrogens with zero attached hydrogens (tertiary/aromatic N) is 3. The van der Waals surface area contributed by atoms with Crippen LogP contribution in [-0.4, -0.2) is 72.4 Å². The fourth-order valence-corrected chi connectivity index (χ4v) is 6.72. The Hall–Kier alpha value is -2.19. The van der Waals surface area contributed by atoms with Gasteiger partial charge in [0.2, 0.25) is 10.0 Å². The summed E-state index contributed by atoms with van der Waals surface area (Å²) in [5.74, 6) is 0.229. The van der Waals surface area contributed by atoms with Gasteiger partial charge in [0.15, 0.2) is 0 Å². The lowest BCUT2D eigenvalue weighted by Gasteiger charge is -2.47. The summed E-state index contributed by atoms with van der Waals surface area (Å²) in [4.78, 5) is 5.22. The molecular weight excluding hydrogens is 458 g/mol. The molecule has 0 aliphatic carbocycles. The molecular formula is C28H41N3O3S. The molecule has 0 spiro atoms. The predicted molar refractivity (Wildman–Crippen MR) is 143 cm³/mol. The summed E-state index contributed by atoms with van der Waals surface area (Å²) in [6.45, 7) is 16.0. The van der Waals surface area contributed by atoms with E-state index in [0.29, 0.717) is 24.0 Å². The van der Waals surface area contributed by atoms with Gasteiger partial charge in [0.25, 0.3) is 0 Å². The van der Waals surface area contributed by atoms with E-state index in [2.05, 4.69) is 30.2 Å². The maximum absolute atomic E-state index is 13.3. The van der Waals surface area contributed by atoms with Crippen molar-refractivity contribution in [2.75, 3.05) is 32.7 Å². The smallest absolute Gasteiger partial charge is 0.243 e. The maximum atomic E-state index is 13.3. The molecule has 0 aromatic heterocycles. The van der Waals surface area contributed by atoms with E-state index in [1.54, 1.807) is 22.5 Å². The Labute approximate surface area is 211 Å². The largest absolute Gasteiger partial charge is 0.508 e. The number of piperazine rings is 1. The van der Waals surface area contributed by atoms with Crippen LogP contribution < -0.4 is 0 Å². The second-order valence-corrected chi connectivity index (χ2v) is 11.5. The van der Waals surface area contributed by atoms with Gasteiger partial charge in [-0.15, -0.1) is 6.58 Å². The number of aromatic hydroxyl groups is 1. The van der Waals surface area contributed by atoms with E-state index in [1.807, 2.05) is 50.3 Å². The van der Waals surface area contributed by atoms with Gasteiger partial charge >= 0.3 is 0 Å². The number of hydrogen-bond donors (Lipinski definition) is 1. The van der Waals surface area contributed by atoms with E-state index in [0.717, 1.165) is 43.6 Å².